The van der Waals surface area contributed by atoms with Crippen molar-refractivity contribution in [1.82, 2.24) is 0 Å². The van der Waals surface area contributed by atoms with Crippen LogP contribution in [0.4, 0.5) is 0 Å². The van der Waals surface area contributed by atoms with E-state index in [0.717, 1.165) is 11.1 Å². The lowest BCUT2D eigenvalue weighted by atomic mass is 9.85. The highest BCUT2D eigenvalue weighted by Gasteiger charge is 2.54. The average Bonchev–Trinajstić information content (AvgIpc) is 3.42. The van der Waals surface area contributed by atoms with Gasteiger partial charge in [0.05, 0.1) is 29.1 Å². The number of benzene rings is 2. The van der Waals surface area contributed by atoms with Crippen molar-refractivity contribution in [3.8, 4) is 11.5 Å². The fourth-order valence-electron chi connectivity index (χ4n) is 5.26. The molecule has 0 amide bonds. The molecular formula is C28H30O8. The number of hydrogen-bond acceptors (Lipinski definition) is 8. The third kappa shape index (κ3) is 3.67. The molecule has 1 N–H and O–H groups in total. The number of carbonyl (C=O) groups excluding carboxylic acids is 1. The molecule has 8 heteroatoms. The van der Waals surface area contributed by atoms with Crippen LogP contribution in [0, 0.1) is 12.8 Å². The van der Waals surface area contributed by atoms with Gasteiger partial charge in [0.15, 0.2) is 0 Å². The van der Waals surface area contributed by atoms with Crippen molar-refractivity contribution < 1.29 is 33.3 Å². The predicted molar refractivity (Wildman–Crippen MR) is 133 cm³/mol. The lowest BCUT2D eigenvalue weighted by molar-refractivity contribution is -0.150. The van der Waals surface area contributed by atoms with Crippen molar-refractivity contribution in [2.24, 2.45) is 5.92 Å². The third-order valence-electron chi connectivity index (χ3n) is 7.18. The summed E-state index contributed by atoms with van der Waals surface area (Å²) < 4.78 is 29.7. The molecule has 0 aliphatic carbocycles. The lowest BCUT2D eigenvalue weighted by Gasteiger charge is -2.34. The minimum absolute atomic E-state index is 0.0191. The van der Waals surface area contributed by atoms with Gasteiger partial charge in [0.2, 0.25) is 5.43 Å². The average molecular weight is 495 g/mol. The van der Waals surface area contributed by atoms with Crippen molar-refractivity contribution in [1.29, 1.82) is 0 Å². The van der Waals surface area contributed by atoms with Crippen molar-refractivity contribution >= 4 is 27.9 Å². The maximum Gasteiger partial charge on any atom is 0.303 e. The van der Waals surface area contributed by atoms with Crippen LogP contribution >= 0.6 is 0 Å². The maximum atomic E-state index is 14.1. The first-order valence-electron chi connectivity index (χ1n) is 11.9. The van der Waals surface area contributed by atoms with Crippen LogP contribution in [-0.4, -0.2) is 36.5 Å². The summed E-state index contributed by atoms with van der Waals surface area (Å²) in [6.07, 6.45) is -1.53. The Labute approximate surface area is 208 Å². The molecule has 36 heavy (non-hydrogen) atoms. The Morgan fingerprint density at radius 3 is 2.53 bits per heavy atom. The second kappa shape index (κ2) is 8.35. The monoisotopic (exact) mass is 494 g/mol. The summed E-state index contributed by atoms with van der Waals surface area (Å²) >= 11 is 0. The van der Waals surface area contributed by atoms with Gasteiger partial charge in [-0.25, -0.2) is 0 Å². The summed E-state index contributed by atoms with van der Waals surface area (Å²) in [5.74, 6) is -0.592. The Balaban J connectivity index is 1.84. The molecule has 2 aliphatic rings. The normalized spacial score (nSPS) is 23.1. The van der Waals surface area contributed by atoms with Gasteiger partial charge in [-0.15, -0.1) is 0 Å². The van der Waals surface area contributed by atoms with Gasteiger partial charge in [0.1, 0.15) is 46.4 Å². The van der Waals surface area contributed by atoms with E-state index in [2.05, 4.69) is 6.58 Å². The lowest BCUT2D eigenvalue weighted by Crippen LogP contribution is -2.31. The van der Waals surface area contributed by atoms with E-state index in [-0.39, 0.29) is 46.3 Å². The van der Waals surface area contributed by atoms with E-state index in [1.165, 1.54) is 13.0 Å². The molecule has 190 valence electrons. The number of epoxide rings is 1. The summed E-state index contributed by atoms with van der Waals surface area (Å²) in [4.78, 5) is 26.1. The molecule has 1 fully saturated rings. The largest absolute Gasteiger partial charge is 0.507 e. The van der Waals surface area contributed by atoms with Crippen LogP contribution in [-0.2, 0) is 19.0 Å². The van der Waals surface area contributed by atoms with Gasteiger partial charge >= 0.3 is 5.97 Å². The van der Waals surface area contributed by atoms with Crippen molar-refractivity contribution in [3.63, 3.8) is 0 Å². The summed E-state index contributed by atoms with van der Waals surface area (Å²) in [6.45, 7) is 13.2. The minimum atomic E-state index is -0.788. The number of phenolic OH excluding ortho intramolecular Hbond substituents is 1. The zero-order valence-corrected chi connectivity index (χ0v) is 21.3. The van der Waals surface area contributed by atoms with E-state index in [1.807, 2.05) is 27.7 Å². The van der Waals surface area contributed by atoms with Crippen LogP contribution in [0.2, 0.25) is 0 Å². The molecule has 2 aromatic carbocycles. The highest BCUT2D eigenvalue weighted by Crippen LogP contribution is 2.49. The van der Waals surface area contributed by atoms with Crippen LogP contribution in [0.5, 0.6) is 11.5 Å². The minimum Gasteiger partial charge on any atom is -0.507 e. The van der Waals surface area contributed by atoms with Gasteiger partial charge in [0.25, 0.3) is 0 Å². The SMILES string of the molecule is C=C(C)[C@H]1COc2c(C)cc3oc4c([C@@H](OC)[C@@H]5OC5(C)C)ccc(O)c4c(=O)c3c2[C@@H]1OC(C)=O. The van der Waals surface area contributed by atoms with Crippen molar-refractivity contribution in [2.75, 3.05) is 13.7 Å². The number of rotatable bonds is 5. The van der Waals surface area contributed by atoms with E-state index in [0.29, 0.717) is 22.5 Å². The summed E-state index contributed by atoms with van der Waals surface area (Å²) in [6, 6.07) is 4.87. The first kappa shape index (κ1) is 24.3. The summed E-state index contributed by atoms with van der Waals surface area (Å²) in [5, 5.41) is 11.0. The van der Waals surface area contributed by atoms with Crippen LogP contribution in [0.15, 0.2) is 39.6 Å². The molecule has 0 bridgehead atoms. The van der Waals surface area contributed by atoms with Gasteiger partial charge in [-0.1, -0.05) is 12.2 Å². The number of hydrogen-bond donors (Lipinski definition) is 1. The Morgan fingerprint density at radius 2 is 1.94 bits per heavy atom. The number of fused-ring (bicyclic) bond motifs is 4. The molecule has 1 aromatic heterocycles. The zero-order valence-electron chi connectivity index (χ0n) is 21.3. The second-order valence-electron chi connectivity index (χ2n) is 10.2. The molecule has 2 aliphatic heterocycles. The Bertz CT molecular complexity index is 1480. The maximum absolute atomic E-state index is 14.1. The molecule has 4 atom stereocenters. The van der Waals surface area contributed by atoms with E-state index < -0.39 is 23.6 Å². The molecule has 8 nitrogen and oxygen atoms in total. The third-order valence-corrected chi connectivity index (χ3v) is 7.18. The quantitative estimate of drug-likeness (QED) is 0.228. The molecule has 3 heterocycles. The van der Waals surface area contributed by atoms with Crippen LogP contribution in [0.1, 0.15) is 56.6 Å². The summed E-state index contributed by atoms with van der Waals surface area (Å²) in [5.41, 5.74) is 2.20. The molecule has 3 aromatic rings. The first-order valence-corrected chi connectivity index (χ1v) is 11.9. The standard InChI is InChI=1S/C28H30O8/c1-12(2)16-11-33-23-13(3)10-18-20(21(23)25(16)34-14(4)29)22(31)19-17(30)9-8-15(24(19)35-18)26(32-7)27-28(5,6)36-27/h8-10,16,25-27,30H,1,11H2,2-7H3/t16-,25-,26-,27+/m1/s1. The number of aromatic hydroxyl groups is 1. The molecule has 5 rings (SSSR count). The van der Waals surface area contributed by atoms with Crippen LogP contribution in [0.25, 0.3) is 21.9 Å². The van der Waals surface area contributed by atoms with E-state index in [1.54, 1.807) is 19.2 Å². The van der Waals surface area contributed by atoms with Gasteiger partial charge in [0, 0.05) is 19.6 Å². The van der Waals surface area contributed by atoms with Gasteiger partial charge in [-0.3, -0.25) is 9.59 Å². The van der Waals surface area contributed by atoms with Gasteiger partial charge in [-0.05, 0) is 51.5 Å². The molecule has 0 unspecified atom stereocenters. The predicted octanol–water partition coefficient (Wildman–Crippen LogP) is 5.01. The molecule has 0 spiro atoms. The number of carbonyl (C=O) groups is 1. The topological polar surface area (TPSA) is 108 Å². The van der Waals surface area contributed by atoms with Crippen molar-refractivity contribution in [3.05, 3.63) is 57.3 Å². The fraction of sp³-hybridized carbons (Fsp3) is 0.429. The van der Waals surface area contributed by atoms with E-state index in [4.69, 9.17) is 23.4 Å². The van der Waals surface area contributed by atoms with Gasteiger partial charge < -0.3 is 28.5 Å². The number of aryl methyl sites for hydroxylation is 1. The van der Waals surface area contributed by atoms with Gasteiger partial charge in [-0.2, -0.15) is 0 Å². The fourth-order valence-corrected chi connectivity index (χ4v) is 5.26. The molecular weight excluding hydrogens is 464 g/mol. The Hall–Kier alpha value is -3.36. The molecule has 0 radical (unpaired) electrons. The Morgan fingerprint density at radius 1 is 1.25 bits per heavy atom. The zero-order chi connectivity index (χ0) is 26.1. The number of phenols is 1. The summed E-state index contributed by atoms with van der Waals surface area (Å²) in [7, 11) is 1.57. The highest BCUT2D eigenvalue weighted by molar-refractivity contribution is 5.97. The van der Waals surface area contributed by atoms with E-state index in [9.17, 15) is 14.7 Å². The number of esters is 1. The van der Waals surface area contributed by atoms with E-state index >= 15 is 0 Å². The molecule has 0 saturated carbocycles. The van der Waals surface area contributed by atoms with Crippen LogP contribution < -0.4 is 10.2 Å². The Kier molecular flexibility index (Phi) is 5.65. The highest BCUT2D eigenvalue weighted by atomic mass is 16.6. The van der Waals surface area contributed by atoms with Crippen molar-refractivity contribution in [2.45, 2.75) is 58.5 Å². The first-order chi connectivity index (χ1) is 17.0. The number of ether oxygens (including phenoxy) is 4. The van der Waals surface area contributed by atoms with Crippen LogP contribution in [0.3, 0.4) is 0 Å². The number of methoxy groups -OCH3 is 1. The smallest absolute Gasteiger partial charge is 0.303 e. The second-order valence-corrected chi connectivity index (χ2v) is 10.2. The molecule has 1 saturated heterocycles.